The van der Waals surface area contributed by atoms with Gasteiger partial charge in [-0.25, -0.2) is 9.97 Å². The molecule has 0 atom stereocenters. The van der Waals surface area contributed by atoms with E-state index in [2.05, 4.69) is 45.4 Å². The van der Waals surface area contributed by atoms with Crippen molar-refractivity contribution in [3.8, 4) is 0 Å². The average Bonchev–Trinajstić information content (AvgIpc) is 3.43. The summed E-state index contributed by atoms with van der Waals surface area (Å²) in [6, 6.07) is 6.58. The summed E-state index contributed by atoms with van der Waals surface area (Å²) < 4.78 is 0. The number of hydrogen-bond acceptors (Lipinski definition) is 5. The van der Waals surface area contributed by atoms with Crippen molar-refractivity contribution in [1.29, 1.82) is 0 Å². The van der Waals surface area contributed by atoms with Crippen molar-refractivity contribution >= 4 is 23.2 Å². The predicted octanol–water partition coefficient (Wildman–Crippen LogP) is 3.46. The van der Waals surface area contributed by atoms with Crippen molar-refractivity contribution in [2.75, 3.05) is 28.6 Å². The summed E-state index contributed by atoms with van der Waals surface area (Å²) in [5.41, 5.74) is 3.46. The quantitative estimate of drug-likeness (QED) is 0.808. The zero-order valence-electron chi connectivity index (χ0n) is 15.0. The number of carbonyl (C=O) groups excluding carboxylic acids is 1. The maximum Gasteiger partial charge on any atom is 0.258 e. The average molecular weight is 339 g/mol. The minimum Gasteiger partial charge on any atom is -0.372 e. The van der Waals surface area contributed by atoms with E-state index in [0.29, 0.717) is 17.6 Å². The topological polar surface area (TPSA) is 70.2 Å². The highest BCUT2D eigenvalue weighted by Crippen LogP contribution is 2.24. The van der Waals surface area contributed by atoms with Gasteiger partial charge in [-0.05, 0) is 57.4 Å². The fourth-order valence-electron chi connectivity index (χ4n) is 2.70. The van der Waals surface area contributed by atoms with Crippen LogP contribution < -0.4 is 15.5 Å². The highest BCUT2D eigenvalue weighted by Gasteiger charge is 2.21. The van der Waals surface area contributed by atoms with E-state index in [1.165, 1.54) is 5.69 Å². The lowest BCUT2D eigenvalue weighted by atomic mass is 10.1. The molecule has 1 fully saturated rings. The molecule has 2 N–H and O–H groups in total. The van der Waals surface area contributed by atoms with Gasteiger partial charge in [-0.15, -0.1) is 0 Å². The lowest BCUT2D eigenvalue weighted by Gasteiger charge is -2.22. The smallest absolute Gasteiger partial charge is 0.258 e. The van der Waals surface area contributed by atoms with Crippen LogP contribution in [-0.4, -0.2) is 35.0 Å². The van der Waals surface area contributed by atoms with Gasteiger partial charge < -0.3 is 15.5 Å². The number of aromatic nitrogens is 2. The number of carbonyl (C=O) groups is 1. The van der Waals surface area contributed by atoms with Gasteiger partial charge in [-0.2, -0.15) is 0 Å². The first-order chi connectivity index (χ1) is 12.1. The number of benzene rings is 1. The largest absolute Gasteiger partial charge is 0.372 e. The first kappa shape index (κ1) is 17.2. The van der Waals surface area contributed by atoms with Gasteiger partial charge in [0.2, 0.25) is 5.95 Å². The highest BCUT2D eigenvalue weighted by molar-refractivity contribution is 6.04. The summed E-state index contributed by atoms with van der Waals surface area (Å²) >= 11 is 0. The van der Waals surface area contributed by atoms with E-state index < -0.39 is 0 Å². The predicted molar refractivity (Wildman–Crippen MR) is 101 cm³/mol. The Morgan fingerprint density at radius 2 is 1.88 bits per heavy atom. The van der Waals surface area contributed by atoms with E-state index in [-0.39, 0.29) is 5.91 Å². The van der Waals surface area contributed by atoms with Gasteiger partial charge >= 0.3 is 0 Å². The Hall–Kier alpha value is -2.63. The summed E-state index contributed by atoms with van der Waals surface area (Å²) in [6.07, 6.45) is 5.45. The number of aryl methyl sites for hydroxylation is 1. The Balaban J connectivity index is 1.67. The Labute approximate surface area is 148 Å². The summed E-state index contributed by atoms with van der Waals surface area (Å²) in [4.78, 5) is 23.1. The zero-order valence-corrected chi connectivity index (χ0v) is 15.0. The maximum atomic E-state index is 12.4. The summed E-state index contributed by atoms with van der Waals surface area (Å²) in [6.45, 7) is 8.19. The molecule has 3 rings (SSSR count). The molecule has 6 heteroatoms. The van der Waals surface area contributed by atoms with Crippen LogP contribution in [0.2, 0.25) is 0 Å². The molecule has 25 heavy (non-hydrogen) atoms. The Kier molecular flexibility index (Phi) is 5.16. The van der Waals surface area contributed by atoms with Gasteiger partial charge in [-0.1, -0.05) is 0 Å². The molecule has 1 saturated carbocycles. The molecule has 0 bridgehead atoms. The second-order valence-corrected chi connectivity index (χ2v) is 6.34. The third kappa shape index (κ3) is 4.26. The number of hydrogen-bond donors (Lipinski definition) is 2. The summed E-state index contributed by atoms with van der Waals surface area (Å²) in [5.74, 6) is 0.385. The van der Waals surface area contributed by atoms with Crippen LogP contribution in [0.1, 0.15) is 42.6 Å². The van der Waals surface area contributed by atoms with Gasteiger partial charge in [0.1, 0.15) is 0 Å². The minimum absolute atomic E-state index is 0.198. The molecule has 0 saturated heterocycles. The number of nitrogens with zero attached hydrogens (tertiary/aromatic N) is 3. The number of nitrogens with one attached hydrogen (secondary N) is 2. The van der Waals surface area contributed by atoms with Crippen LogP contribution in [0, 0.1) is 6.92 Å². The molecule has 1 heterocycles. The fraction of sp³-hybridized carbons (Fsp3) is 0.421. The van der Waals surface area contributed by atoms with Crippen LogP contribution in [0.4, 0.5) is 17.3 Å². The lowest BCUT2D eigenvalue weighted by Crippen LogP contribution is -2.22. The minimum atomic E-state index is -0.198. The van der Waals surface area contributed by atoms with E-state index in [1.54, 1.807) is 12.4 Å². The SMILES string of the molecule is CCN(CC)c1ccc(NC(=O)c2cnc(NC3CC3)nc2)c(C)c1. The van der Waals surface area contributed by atoms with Gasteiger partial charge in [0.15, 0.2) is 0 Å². The second kappa shape index (κ2) is 7.51. The van der Waals surface area contributed by atoms with Crippen LogP contribution in [-0.2, 0) is 0 Å². The Morgan fingerprint density at radius 3 is 2.44 bits per heavy atom. The molecule has 6 nitrogen and oxygen atoms in total. The third-order valence-electron chi connectivity index (χ3n) is 4.41. The molecule has 1 amide bonds. The molecule has 0 aliphatic heterocycles. The molecule has 0 radical (unpaired) electrons. The van der Waals surface area contributed by atoms with Crippen molar-refractivity contribution in [1.82, 2.24) is 9.97 Å². The van der Waals surface area contributed by atoms with Gasteiger partial charge in [0, 0.05) is 42.9 Å². The molecule has 1 aromatic heterocycles. The fourth-order valence-corrected chi connectivity index (χ4v) is 2.70. The van der Waals surface area contributed by atoms with Crippen molar-refractivity contribution in [2.24, 2.45) is 0 Å². The molecular formula is C19H25N5O. The molecule has 1 aliphatic rings. The van der Waals surface area contributed by atoms with Crippen LogP contribution in [0.25, 0.3) is 0 Å². The van der Waals surface area contributed by atoms with Crippen LogP contribution in [0.5, 0.6) is 0 Å². The van der Waals surface area contributed by atoms with Gasteiger partial charge in [0.05, 0.1) is 5.56 Å². The van der Waals surface area contributed by atoms with Crippen LogP contribution in [0.3, 0.4) is 0 Å². The Morgan fingerprint density at radius 1 is 1.20 bits per heavy atom. The first-order valence-electron chi connectivity index (χ1n) is 8.86. The van der Waals surface area contributed by atoms with E-state index in [9.17, 15) is 4.79 Å². The van der Waals surface area contributed by atoms with Crippen LogP contribution >= 0.6 is 0 Å². The monoisotopic (exact) mass is 339 g/mol. The molecule has 1 aromatic carbocycles. The molecule has 0 unspecified atom stereocenters. The van der Waals surface area contributed by atoms with Gasteiger partial charge in [0.25, 0.3) is 5.91 Å². The van der Waals surface area contributed by atoms with E-state index in [0.717, 1.165) is 37.2 Å². The second-order valence-electron chi connectivity index (χ2n) is 6.34. The maximum absolute atomic E-state index is 12.4. The molecular weight excluding hydrogens is 314 g/mol. The van der Waals surface area contributed by atoms with Crippen LogP contribution in [0.15, 0.2) is 30.6 Å². The normalized spacial score (nSPS) is 13.4. The standard InChI is InChI=1S/C19H25N5O/c1-4-24(5-2)16-8-9-17(13(3)10-16)23-18(25)14-11-20-19(21-12-14)22-15-6-7-15/h8-12,15H,4-7H2,1-3H3,(H,23,25)(H,20,21,22). The van der Waals surface area contributed by atoms with E-state index in [1.807, 2.05) is 19.1 Å². The summed E-state index contributed by atoms with van der Waals surface area (Å²) in [5, 5.41) is 6.15. The number of rotatable bonds is 7. The van der Waals surface area contributed by atoms with E-state index in [4.69, 9.17) is 0 Å². The Bertz CT molecular complexity index is 736. The highest BCUT2D eigenvalue weighted by atomic mass is 16.1. The third-order valence-corrected chi connectivity index (χ3v) is 4.41. The van der Waals surface area contributed by atoms with Crippen molar-refractivity contribution in [3.05, 3.63) is 41.7 Å². The van der Waals surface area contributed by atoms with E-state index >= 15 is 0 Å². The lowest BCUT2D eigenvalue weighted by molar-refractivity contribution is 0.102. The first-order valence-corrected chi connectivity index (χ1v) is 8.86. The summed E-state index contributed by atoms with van der Waals surface area (Å²) in [7, 11) is 0. The zero-order chi connectivity index (χ0) is 17.8. The van der Waals surface area contributed by atoms with Gasteiger partial charge in [-0.3, -0.25) is 4.79 Å². The molecule has 2 aromatic rings. The molecule has 132 valence electrons. The number of anilines is 3. The number of amides is 1. The van der Waals surface area contributed by atoms with Crippen molar-refractivity contribution < 1.29 is 4.79 Å². The van der Waals surface area contributed by atoms with Crippen molar-refractivity contribution in [3.63, 3.8) is 0 Å². The van der Waals surface area contributed by atoms with Crippen molar-refractivity contribution in [2.45, 2.75) is 39.7 Å². The molecule has 1 aliphatic carbocycles. The molecule has 0 spiro atoms.